The van der Waals surface area contributed by atoms with E-state index in [-0.39, 0.29) is 5.92 Å². The summed E-state index contributed by atoms with van der Waals surface area (Å²) in [4.78, 5) is 14.8. The highest BCUT2D eigenvalue weighted by molar-refractivity contribution is 5.96. The van der Waals surface area contributed by atoms with Crippen LogP contribution in [0.15, 0.2) is 18.2 Å². The number of anilines is 1. The minimum atomic E-state index is 0.236. The van der Waals surface area contributed by atoms with E-state index in [1.807, 2.05) is 17.0 Å². The first-order valence-corrected chi connectivity index (χ1v) is 7.67. The maximum absolute atomic E-state index is 12.8. The standard InChI is InChI=1S/C17H23NO2/c1-12-9-14-7-8-15(20-2)10-16(14)18(11-12)17(19)13-5-3-4-6-13/h7-8,10,12-13H,3-6,9,11H2,1-2H3. The summed E-state index contributed by atoms with van der Waals surface area (Å²) in [5.41, 5.74) is 2.34. The third-order valence-corrected chi connectivity index (χ3v) is 4.62. The third kappa shape index (κ3) is 2.41. The van der Waals surface area contributed by atoms with Gasteiger partial charge in [-0.25, -0.2) is 0 Å². The highest BCUT2D eigenvalue weighted by Gasteiger charge is 2.32. The molecule has 1 aromatic rings. The SMILES string of the molecule is COc1ccc2c(c1)N(C(=O)C1CCCC1)CC(C)C2. The van der Waals surface area contributed by atoms with E-state index in [1.54, 1.807) is 7.11 Å². The first-order valence-electron chi connectivity index (χ1n) is 7.67. The fraction of sp³-hybridized carbons (Fsp3) is 0.588. The van der Waals surface area contributed by atoms with Gasteiger partial charge in [0, 0.05) is 18.5 Å². The minimum absolute atomic E-state index is 0.236. The summed E-state index contributed by atoms with van der Waals surface area (Å²) < 4.78 is 5.32. The zero-order valence-electron chi connectivity index (χ0n) is 12.4. The molecule has 1 aliphatic carbocycles. The Kier molecular flexibility index (Phi) is 3.68. The van der Waals surface area contributed by atoms with Crippen molar-refractivity contribution < 1.29 is 9.53 Å². The second-order valence-corrected chi connectivity index (χ2v) is 6.23. The molecule has 1 aliphatic heterocycles. The van der Waals surface area contributed by atoms with Crippen molar-refractivity contribution in [2.75, 3.05) is 18.6 Å². The smallest absolute Gasteiger partial charge is 0.230 e. The van der Waals surface area contributed by atoms with Crippen LogP contribution in [0.2, 0.25) is 0 Å². The van der Waals surface area contributed by atoms with Gasteiger partial charge in [-0.05, 0) is 36.8 Å². The summed E-state index contributed by atoms with van der Waals surface area (Å²) in [6, 6.07) is 6.13. The van der Waals surface area contributed by atoms with Crippen LogP contribution in [-0.4, -0.2) is 19.6 Å². The molecule has 1 unspecified atom stereocenters. The van der Waals surface area contributed by atoms with Gasteiger partial charge in [-0.2, -0.15) is 0 Å². The van der Waals surface area contributed by atoms with Crippen LogP contribution in [0.4, 0.5) is 5.69 Å². The van der Waals surface area contributed by atoms with Crippen molar-refractivity contribution in [3.8, 4) is 5.75 Å². The molecule has 0 spiro atoms. The molecule has 1 amide bonds. The van der Waals surface area contributed by atoms with Crippen molar-refractivity contribution >= 4 is 11.6 Å². The average molecular weight is 273 g/mol. The van der Waals surface area contributed by atoms with Gasteiger partial charge < -0.3 is 9.64 Å². The molecule has 0 saturated heterocycles. The Morgan fingerprint density at radius 3 is 2.75 bits per heavy atom. The minimum Gasteiger partial charge on any atom is -0.497 e. The number of benzene rings is 1. The predicted molar refractivity (Wildman–Crippen MR) is 80.2 cm³/mol. The predicted octanol–water partition coefficient (Wildman–Crippen LogP) is 3.41. The van der Waals surface area contributed by atoms with E-state index < -0.39 is 0 Å². The maximum Gasteiger partial charge on any atom is 0.230 e. The lowest BCUT2D eigenvalue weighted by atomic mass is 9.92. The Labute approximate surface area is 120 Å². The number of nitrogens with zero attached hydrogens (tertiary/aromatic N) is 1. The first kappa shape index (κ1) is 13.5. The highest BCUT2D eigenvalue weighted by atomic mass is 16.5. The van der Waals surface area contributed by atoms with Gasteiger partial charge in [-0.15, -0.1) is 0 Å². The van der Waals surface area contributed by atoms with Gasteiger partial charge in [0.2, 0.25) is 5.91 Å². The van der Waals surface area contributed by atoms with Crippen LogP contribution >= 0.6 is 0 Å². The summed E-state index contributed by atoms with van der Waals surface area (Å²) in [5, 5.41) is 0. The monoisotopic (exact) mass is 273 g/mol. The molecule has 0 N–H and O–H groups in total. The number of ether oxygens (including phenoxy) is 1. The van der Waals surface area contributed by atoms with Crippen molar-refractivity contribution in [3.63, 3.8) is 0 Å². The van der Waals surface area contributed by atoms with Crippen LogP contribution in [-0.2, 0) is 11.2 Å². The Morgan fingerprint density at radius 2 is 2.05 bits per heavy atom. The second kappa shape index (κ2) is 5.47. The average Bonchev–Trinajstić information content (AvgIpc) is 2.99. The molecule has 3 heteroatoms. The second-order valence-electron chi connectivity index (χ2n) is 6.23. The number of amides is 1. The first-order chi connectivity index (χ1) is 9.69. The molecule has 0 radical (unpaired) electrons. The molecule has 3 rings (SSSR count). The van der Waals surface area contributed by atoms with E-state index >= 15 is 0 Å². The molecule has 1 atom stereocenters. The fourth-order valence-electron chi connectivity index (χ4n) is 3.55. The van der Waals surface area contributed by atoms with E-state index in [0.717, 1.165) is 37.2 Å². The van der Waals surface area contributed by atoms with Gasteiger partial charge in [-0.1, -0.05) is 25.8 Å². The van der Waals surface area contributed by atoms with Gasteiger partial charge in [0.1, 0.15) is 5.75 Å². The topological polar surface area (TPSA) is 29.5 Å². The molecular weight excluding hydrogens is 250 g/mol. The van der Waals surface area contributed by atoms with Gasteiger partial charge in [0.05, 0.1) is 12.8 Å². The van der Waals surface area contributed by atoms with Crippen LogP contribution < -0.4 is 9.64 Å². The Bertz CT molecular complexity index is 506. The molecule has 20 heavy (non-hydrogen) atoms. The summed E-state index contributed by atoms with van der Waals surface area (Å²) in [6.07, 6.45) is 5.56. The molecule has 108 valence electrons. The lowest BCUT2D eigenvalue weighted by molar-refractivity contribution is -0.122. The van der Waals surface area contributed by atoms with Crippen molar-refractivity contribution in [2.24, 2.45) is 11.8 Å². The maximum atomic E-state index is 12.8. The lowest BCUT2D eigenvalue weighted by Gasteiger charge is -2.35. The van der Waals surface area contributed by atoms with E-state index in [9.17, 15) is 4.79 Å². The molecule has 0 aromatic heterocycles. The number of fused-ring (bicyclic) bond motifs is 1. The molecule has 1 fully saturated rings. The molecule has 2 aliphatic rings. The Morgan fingerprint density at radius 1 is 1.30 bits per heavy atom. The number of methoxy groups -OCH3 is 1. The number of rotatable bonds is 2. The Hall–Kier alpha value is -1.51. The molecule has 1 heterocycles. The highest BCUT2D eigenvalue weighted by Crippen LogP contribution is 2.36. The van der Waals surface area contributed by atoms with E-state index in [0.29, 0.717) is 11.8 Å². The number of hydrogen-bond donors (Lipinski definition) is 0. The van der Waals surface area contributed by atoms with Crippen LogP contribution in [0, 0.1) is 11.8 Å². The molecule has 0 bridgehead atoms. The molecule has 1 saturated carbocycles. The van der Waals surface area contributed by atoms with Crippen molar-refractivity contribution in [3.05, 3.63) is 23.8 Å². The van der Waals surface area contributed by atoms with Crippen molar-refractivity contribution in [1.29, 1.82) is 0 Å². The van der Waals surface area contributed by atoms with Crippen molar-refractivity contribution in [2.45, 2.75) is 39.0 Å². The quantitative estimate of drug-likeness (QED) is 0.826. The van der Waals surface area contributed by atoms with E-state index in [1.165, 1.54) is 18.4 Å². The zero-order chi connectivity index (χ0) is 14.1. The number of hydrogen-bond acceptors (Lipinski definition) is 2. The molecular formula is C17H23NO2. The van der Waals surface area contributed by atoms with Gasteiger partial charge in [0.15, 0.2) is 0 Å². The molecule has 3 nitrogen and oxygen atoms in total. The van der Waals surface area contributed by atoms with Crippen LogP contribution in [0.1, 0.15) is 38.2 Å². The largest absolute Gasteiger partial charge is 0.497 e. The van der Waals surface area contributed by atoms with E-state index in [2.05, 4.69) is 13.0 Å². The Balaban J connectivity index is 1.93. The third-order valence-electron chi connectivity index (χ3n) is 4.62. The van der Waals surface area contributed by atoms with Crippen LogP contribution in [0.3, 0.4) is 0 Å². The van der Waals surface area contributed by atoms with Gasteiger partial charge in [-0.3, -0.25) is 4.79 Å². The fourth-order valence-corrected chi connectivity index (χ4v) is 3.55. The van der Waals surface area contributed by atoms with Crippen LogP contribution in [0.5, 0.6) is 5.75 Å². The molecule has 1 aromatic carbocycles. The zero-order valence-corrected chi connectivity index (χ0v) is 12.4. The summed E-state index contributed by atoms with van der Waals surface area (Å²) >= 11 is 0. The number of carbonyl (C=O) groups is 1. The number of carbonyl (C=O) groups excluding carboxylic acids is 1. The van der Waals surface area contributed by atoms with Crippen LogP contribution in [0.25, 0.3) is 0 Å². The summed E-state index contributed by atoms with van der Waals surface area (Å²) in [5.74, 6) is 1.92. The van der Waals surface area contributed by atoms with Gasteiger partial charge in [0.25, 0.3) is 0 Å². The summed E-state index contributed by atoms with van der Waals surface area (Å²) in [6.45, 7) is 3.07. The van der Waals surface area contributed by atoms with Gasteiger partial charge >= 0.3 is 0 Å². The lowest BCUT2D eigenvalue weighted by Crippen LogP contribution is -2.42. The summed E-state index contributed by atoms with van der Waals surface area (Å²) in [7, 11) is 1.68. The van der Waals surface area contributed by atoms with Crippen molar-refractivity contribution in [1.82, 2.24) is 0 Å². The van der Waals surface area contributed by atoms with E-state index in [4.69, 9.17) is 4.74 Å². The normalized spacial score (nSPS) is 22.7.